The van der Waals surface area contributed by atoms with Gasteiger partial charge in [0.25, 0.3) is 5.91 Å². The normalized spacial score (nSPS) is 17.5. The molecule has 2 amide bonds. The number of rotatable bonds is 2. The molecule has 1 N–H and O–H groups in total. The minimum Gasteiger partial charge on any atom is -0.412 e. The van der Waals surface area contributed by atoms with Crippen molar-refractivity contribution < 1.29 is 14.3 Å². The summed E-state index contributed by atoms with van der Waals surface area (Å²) in [7, 11) is 3.17. The quantitative estimate of drug-likeness (QED) is 0.910. The first-order valence-corrected chi connectivity index (χ1v) is 7.31. The van der Waals surface area contributed by atoms with Crippen molar-refractivity contribution in [2.45, 2.75) is 26.8 Å². The molecular formula is C16H19ClN2O3. The number of ether oxygens (including phenoxy) is 1. The Hall–Kier alpha value is -2.01. The Balaban J connectivity index is 2.56. The molecule has 1 aromatic carbocycles. The van der Waals surface area contributed by atoms with Gasteiger partial charge < -0.3 is 15.0 Å². The van der Waals surface area contributed by atoms with E-state index in [0.717, 1.165) is 11.1 Å². The van der Waals surface area contributed by atoms with Gasteiger partial charge in [-0.3, -0.25) is 4.79 Å². The van der Waals surface area contributed by atoms with Crippen molar-refractivity contribution in [3.05, 3.63) is 39.6 Å². The molecule has 118 valence electrons. The molecule has 0 aromatic heterocycles. The highest BCUT2D eigenvalue weighted by Gasteiger charge is 2.34. The summed E-state index contributed by atoms with van der Waals surface area (Å²) < 4.78 is 5.37. The number of carbonyl (C=O) groups excluding carboxylic acids is 2. The predicted octanol–water partition coefficient (Wildman–Crippen LogP) is 2.88. The zero-order valence-electron chi connectivity index (χ0n) is 13.3. The van der Waals surface area contributed by atoms with Crippen LogP contribution in [0.25, 0.3) is 5.57 Å². The van der Waals surface area contributed by atoms with Crippen molar-refractivity contribution in [3.63, 3.8) is 0 Å². The molecule has 22 heavy (non-hydrogen) atoms. The first-order chi connectivity index (χ1) is 10.2. The Morgan fingerprint density at radius 3 is 2.45 bits per heavy atom. The van der Waals surface area contributed by atoms with Crippen LogP contribution < -0.4 is 5.32 Å². The lowest BCUT2D eigenvalue weighted by molar-refractivity contribution is -0.115. The van der Waals surface area contributed by atoms with Crippen molar-refractivity contribution >= 4 is 29.2 Å². The van der Waals surface area contributed by atoms with E-state index in [0.29, 0.717) is 21.9 Å². The SMILES string of the molecule is Cc1cc(Cl)c(C2=C(OC(=O)N(C)C)C(C)NC2=O)cc1C. The standard InChI is InChI=1S/C16H19ClN2O3/c1-8-6-11(12(17)7-9(8)2)13-14(10(3)18-15(13)20)22-16(21)19(4)5/h6-7,10H,1-5H3,(H,18,20). The maximum atomic E-state index is 12.3. The third kappa shape index (κ3) is 2.95. The molecule has 1 aliphatic rings. The Kier molecular flexibility index (Phi) is 4.47. The van der Waals surface area contributed by atoms with Crippen LogP contribution in [-0.4, -0.2) is 37.0 Å². The molecule has 1 atom stereocenters. The predicted molar refractivity (Wildman–Crippen MR) is 85.6 cm³/mol. The molecule has 0 fully saturated rings. The van der Waals surface area contributed by atoms with E-state index in [1.807, 2.05) is 19.9 Å². The van der Waals surface area contributed by atoms with Gasteiger partial charge >= 0.3 is 6.09 Å². The smallest absolute Gasteiger partial charge is 0.412 e. The molecule has 1 heterocycles. The summed E-state index contributed by atoms with van der Waals surface area (Å²) in [5.41, 5.74) is 2.94. The average Bonchev–Trinajstić information content (AvgIpc) is 2.69. The largest absolute Gasteiger partial charge is 0.414 e. The molecule has 0 spiro atoms. The summed E-state index contributed by atoms with van der Waals surface area (Å²) in [6, 6.07) is 3.26. The molecule has 0 radical (unpaired) electrons. The Morgan fingerprint density at radius 2 is 1.86 bits per heavy atom. The van der Waals surface area contributed by atoms with Crippen LogP contribution >= 0.6 is 11.6 Å². The highest BCUT2D eigenvalue weighted by molar-refractivity contribution is 6.35. The van der Waals surface area contributed by atoms with E-state index in [9.17, 15) is 9.59 Å². The van der Waals surface area contributed by atoms with Gasteiger partial charge in [0.05, 0.1) is 11.6 Å². The molecule has 1 unspecified atom stereocenters. The molecule has 2 rings (SSSR count). The van der Waals surface area contributed by atoms with E-state index in [1.54, 1.807) is 27.1 Å². The van der Waals surface area contributed by atoms with E-state index in [-0.39, 0.29) is 11.9 Å². The summed E-state index contributed by atoms with van der Waals surface area (Å²) >= 11 is 6.29. The van der Waals surface area contributed by atoms with E-state index < -0.39 is 6.09 Å². The van der Waals surface area contributed by atoms with Crippen LogP contribution in [0, 0.1) is 13.8 Å². The number of benzene rings is 1. The molecule has 0 aliphatic carbocycles. The summed E-state index contributed by atoms with van der Waals surface area (Å²) in [4.78, 5) is 25.4. The van der Waals surface area contributed by atoms with Crippen LogP contribution in [0.2, 0.25) is 5.02 Å². The second-order valence-corrected chi connectivity index (χ2v) is 6.02. The molecule has 0 saturated carbocycles. The maximum absolute atomic E-state index is 12.3. The van der Waals surface area contributed by atoms with Crippen LogP contribution in [-0.2, 0) is 9.53 Å². The molecule has 1 aromatic rings. The third-order valence-electron chi connectivity index (χ3n) is 3.63. The second-order valence-electron chi connectivity index (χ2n) is 5.61. The van der Waals surface area contributed by atoms with Gasteiger partial charge in [0.1, 0.15) is 5.76 Å². The topological polar surface area (TPSA) is 58.6 Å². The van der Waals surface area contributed by atoms with Gasteiger partial charge in [-0.2, -0.15) is 0 Å². The van der Waals surface area contributed by atoms with Crippen LogP contribution in [0.15, 0.2) is 17.9 Å². The minimum atomic E-state index is -0.532. The number of hydrogen-bond donors (Lipinski definition) is 1. The third-order valence-corrected chi connectivity index (χ3v) is 3.94. The average molecular weight is 323 g/mol. The van der Waals surface area contributed by atoms with Crippen molar-refractivity contribution in [2.75, 3.05) is 14.1 Å². The van der Waals surface area contributed by atoms with Crippen molar-refractivity contribution in [1.82, 2.24) is 10.2 Å². The van der Waals surface area contributed by atoms with Gasteiger partial charge in [-0.25, -0.2) is 4.79 Å². The number of amides is 2. The van der Waals surface area contributed by atoms with Crippen LogP contribution in [0.5, 0.6) is 0 Å². The van der Waals surface area contributed by atoms with Crippen LogP contribution in [0.1, 0.15) is 23.6 Å². The first-order valence-electron chi connectivity index (χ1n) is 6.93. The Morgan fingerprint density at radius 1 is 1.27 bits per heavy atom. The minimum absolute atomic E-state index is 0.292. The first kappa shape index (κ1) is 16.4. The van der Waals surface area contributed by atoms with Gasteiger partial charge in [-0.05, 0) is 44.0 Å². The second kappa shape index (κ2) is 6.01. The van der Waals surface area contributed by atoms with Gasteiger partial charge in [-0.1, -0.05) is 11.6 Å². The zero-order chi connectivity index (χ0) is 16.6. The fourth-order valence-electron chi connectivity index (χ4n) is 2.22. The highest BCUT2D eigenvalue weighted by Crippen LogP contribution is 2.34. The van der Waals surface area contributed by atoms with E-state index in [1.165, 1.54) is 4.90 Å². The zero-order valence-corrected chi connectivity index (χ0v) is 14.0. The lowest BCUT2D eigenvalue weighted by Gasteiger charge is -2.15. The number of halogens is 1. The van der Waals surface area contributed by atoms with Gasteiger partial charge in [0.2, 0.25) is 0 Å². The van der Waals surface area contributed by atoms with E-state index in [2.05, 4.69) is 5.32 Å². The lowest BCUT2D eigenvalue weighted by Crippen LogP contribution is -2.29. The summed E-state index contributed by atoms with van der Waals surface area (Å²) in [5.74, 6) is 0.00747. The summed E-state index contributed by atoms with van der Waals surface area (Å²) in [5, 5.41) is 3.21. The van der Waals surface area contributed by atoms with Crippen LogP contribution in [0.4, 0.5) is 4.79 Å². The van der Waals surface area contributed by atoms with E-state index in [4.69, 9.17) is 16.3 Å². The van der Waals surface area contributed by atoms with Gasteiger partial charge in [0, 0.05) is 24.7 Å². The lowest BCUT2D eigenvalue weighted by atomic mass is 9.99. The van der Waals surface area contributed by atoms with Crippen LogP contribution in [0.3, 0.4) is 0 Å². The highest BCUT2D eigenvalue weighted by atomic mass is 35.5. The summed E-state index contributed by atoms with van der Waals surface area (Å²) in [6.07, 6.45) is -0.532. The molecule has 0 saturated heterocycles. The number of hydrogen-bond acceptors (Lipinski definition) is 3. The van der Waals surface area contributed by atoms with Crippen molar-refractivity contribution in [1.29, 1.82) is 0 Å². The monoisotopic (exact) mass is 322 g/mol. The number of nitrogens with zero attached hydrogens (tertiary/aromatic N) is 1. The molecule has 1 aliphatic heterocycles. The van der Waals surface area contributed by atoms with Crippen molar-refractivity contribution in [2.24, 2.45) is 0 Å². The number of carbonyl (C=O) groups is 2. The molecular weight excluding hydrogens is 304 g/mol. The molecule has 0 bridgehead atoms. The fraction of sp³-hybridized carbons (Fsp3) is 0.375. The fourth-order valence-corrected chi connectivity index (χ4v) is 2.53. The Bertz CT molecular complexity index is 680. The van der Waals surface area contributed by atoms with Crippen molar-refractivity contribution in [3.8, 4) is 0 Å². The number of aryl methyl sites for hydroxylation is 2. The molecule has 5 nitrogen and oxygen atoms in total. The Labute approximate surface area is 134 Å². The molecule has 6 heteroatoms. The maximum Gasteiger partial charge on any atom is 0.414 e. The number of nitrogens with one attached hydrogen (secondary N) is 1. The van der Waals surface area contributed by atoms with E-state index >= 15 is 0 Å². The van der Waals surface area contributed by atoms with Gasteiger partial charge in [-0.15, -0.1) is 0 Å². The summed E-state index contributed by atoms with van der Waals surface area (Å²) in [6.45, 7) is 5.65. The van der Waals surface area contributed by atoms with Gasteiger partial charge in [0.15, 0.2) is 0 Å².